The fourth-order valence-corrected chi connectivity index (χ4v) is 3.36. The van der Waals surface area contributed by atoms with E-state index in [1.54, 1.807) is 12.4 Å². The molecule has 0 atom stereocenters. The third-order valence-corrected chi connectivity index (χ3v) is 4.89. The molecule has 0 saturated heterocycles. The Morgan fingerprint density at radius 3 is 1.43 bits per heavy atom. The molecule has 2 aromatic heterocycles. The number of hydrogen-bond acceptors (Lipinski definition) is 4. The van der Waals surface area contributed by atoms with Gasteiger partial charge >= 0.3 is 0 Å². The molecule has 5 aromatic rings. The number of nitrogens with zero attached hydrogens (tertiary/aromatic N) is 4. The van der Waals surface area contributed by atoms with Crippen molar-refractivity contribution in [1.82, 2.24) is 9.97 Å². The Hall–Kier alpha value is -4.18. The second-order valence-corrected chi connectivity index (χ2v) is 6.88. The monoisotopic (exact) mass is 386 g/mol. The number of fused-ring (bicyclic) bond motifs is 2. The van der Waals surface area contributed by atoms with Gasteiger partial charge in [-0.2, -0.15) is 0 Å². The van der Waals surface area contributed by atoms with E-state index in [0.717, 1.165) is 44.3 Å². The zero-order valence-electron chi connectivity index (χ0n) is 16.2. The molecule has 0 spiro atoms. The van der Waals surface area contributed by atoms with Gasteiger partial charge in [-0.05, 0) is 59.7 Å². The summed E-state index contributed by atoms with van der Waals surface area (Å²) in [6.07, 6.45) is 7.34. The minimum atomic E-state index is 0.913. The molecule has 0 aliphatic heterocycles. The fraction of sp³-hybridized carbons (Fsp3) is 0. The first-order chi connectivity index (χ1) is 14.9. The average molecular weight is 386 g/mol. The van der Waals surface area contributed by atoms with E-state index in [-0.39, 0.29) is 0 Å². The van der Waals surface area contributed by atoms with Crippen LogP contribution in [0.1, 0.15) is 11.1 Å². The van der Waals surface area contributed by atoms with Crippen molar-refractivity contribution in [2.75, 3.05) is 0 Å². The molecule has 142 valence electrons. The highest BCUT2D eigenvalue weighted by Crippen LogP contribution is 2.25. The van der Waals surface area contributed by atoms with Crippen LogP contribution in [0.4, 0.5) is 11.4 Å². The van der Waals surface area contributed by atoms with Crippen molar-refractivity contribution in [3.8, 4) is 0 Å². The van der Waals surface area contributed by atoms with Gasteiger partial charge in [-0.1, -0.05) is 36.4 Å². The summed E-state index contributed by atoms with van der Waals surface area (Å²) >= 11 is 0. The molecule has 2 heterocycles. The highest BCUT2D eigenvalue weighted by Gasteiger charge is 2.00. The van der Waals surface area contributed by atoms with Crippen LogP contribution >= 0.6 is 0 Å². The molecule has 0 bridgehead atoms. The molecule has 5 rings (SSSR count). The van der Waals surface area contributed by atoms with Crippen molar-refractivity contribution >= 4 is 45.6 Å². The molecule has 4 nitrogen and oxygen atoms in total. The van der Waals surface area contributed by atoms with Gasteiger partial charge in [0.15, 0.2) is 0 Å². The predicted molar refractivity (Wildman–Crippen MR) is 124 cm³/mol. The largest absolute Gasteiger partial charge is 0.256 e. The van der Waals surface area contributed by atoms with Gasteiger partial charge in [-0.3, -0.25) is 20.0 Å². The van der Waals surface area contributed by atoms with Gasteiger partial charge in [0.05, 0.1) is 22.4 Å². The van der Waals surface area contributed by atoms with Crippen LogP contribution in [0.15, 0.2) is 107 Å². The lowest BCUT2D eigenvalue weighted by Crippen LogP contribution is -1.85. The summed E-state index contributed by atoms with van der Waals surface area (Å²) in [7, 11) is 0. The van der Waals surface area contributed by atoms with Crippen molar-refractivity contribution in [3.05, 3.63) is 108 Å². The summed E-state index contributed by atoms with van der Waals surface area (Å²) in [5, 5.41) is 2.09. The maximum Gasteiger partial charge on any atom is 0.0723 e. The maximum absolute atomic E-state index is 4.66. The summed E-state index contributed by atoms with van der Waals surface area (Å²) in [4.78, 5) is 18.1. The molecule has 0 aliphatic rings. The Balaban J connectivity index is 1.36. The Morgan fingerprint density at radius 2 is 0.967 bits per heavy atom. The second-order valence-electron chi connectivity index (χ2n) is 6.88. The van der Waals surface area contributed by atoms with Crippen LogP contribution < -0.4 is 0 Å². The molecular weight excluding hydrogens is 368 g/mol. The SMILES string of the molecule is C(=N\c1cccc2ncccc12)/c1ccc(/C=N/c2cccc3ncccc23)cc1. The third kappa shape index (κ3) is 3.71. The van der Waals surface area contributed by atoms with Crippen molar-refractivity contribution in [2.45, 2.75) is 0 Å². The van der Waals surface area contributed by atoms with E-state index in [9.17, 15) is 0 Å². The van der Waals surface area contributed by atoms with Crippen LogP contribution in [0.25, 0.3) is 21.8 Å². The Bertz CT molecular complexity index is 1270. The zero-order valence-corrected chi connectivity index (χ0v) is 16.2. The van der Waals surface area contributed by atoms with E-state index in [2.05, 4.69) is 20.0 Å². The number of aromatic nitrogens is 2. The van der Waals surface area contributed by atoms with Crippen LogP contribution in [0.5, 0.6) is 0 Å². The first-order valence-corrected chi connectivity index (χ1v) is 9.72. The van der Waals surface area contributed by atoms with Gasteiger partial charge in [0, 0.05) is 35.6 Å². The highest BCUT2D eigenvalue weighted by molar-refractivity contribution is 5.95. The van der Waals surface area contributed by atoms with E-state index >= 15 is 0 Å². The predicted octanol–water partition coefficient (Wildman–Crippen LogP) is 6.28. The van der Waals surface area contributed by atoms with E-state index in [4.69, 9.17) is 0 Å². The molecule has 0 saturated carbocycles. The Kier molecular flexibility index (Phi) is 4.80. The second kappa shape index (κ2) is 8.05. The van der Waals surface area contributed by atoms with Crippen molar-refractivity contribution in [2.24, 2.45) is 9.98 Å². The van der Waals surface area contributed by atoms with Crippen LogP contribution in [0.3, 0.4) is 0 Å². The van der Waals surface area contributed by atoms with Crippen LogP contribution in [0, 0.1) is 0 Å². The van der Waals surface area contributed by atoms with Crippen molar-refractivity contribution in [3.63, 3.8) is 0 Å². The number of rotatable bonds is 4. The zero-order chi connectivity index (χ0) is 20.2. The lowest BCUT2D eigenvalue weighted by Gasteiger charge is -2.01. The smallest absolute Gasteiger partial charge is 0.0723 e. The minimum Gasteiger partial charge on any atom is -0.256 e. The van der Waals surface area contributed by atoms with Gasteiger partial charge in [0.1, 0.15) is 0 Å². The van der Waals surface area contributed by atoms with Crippen LogP contribution in [-0.4, -0.2) is 22.4 Å². The fourth-order valence-electron chi connectivity index (χ4n) is 3.36. The minimum absolute atomic E-state index is 0.913. The summed E-state index contributed by atoms with van der Waals surface area (Å²) in [6.45, 7) is 0. The van der Waals surface area contributed by atoms with E-state index < -0.39 is 0 Å². The average Bonchev–Trinajstić information content (AvgIpc) is 2.82. The summed E-state index contributed by atoms with van der Waals surface area (Å²) in [6, 6.07) is 28.0. The third-order valence-electron chi connectivity index (χ3n) is 4.89. The van der Waals surface area contributed by atoms with Gasteiger partial charge in [0.25, 0.3) is 0 Å². The topological polar surface area (TPSA) is 50.5 Å². The van der Waals surface area contributed by atoms with Gasteiger partial charge < -0.3 is 0 Å². The molecule has 30 heavy (non-hydrogen) atoms. The van der Waals surface area contributed by atoms with E-state index in [1.165, 1.54) is 0 Å². The molecule has 4 heteroatoms. The lowest BCUT2D eigenvalue weighted by molar-refractivity contribution is 1.40. The molecule has 0 N–H and O–H groups in total. The molecule has 0 aliphatic carbocycles. The number of benzene rings is 3. The van der Waals surface area contributed by atoms with Crippen LogP contribution in [-0.2, 0) is 0 Å². The quantitative estimate of drug-likeness (QED) is 0.341. The number of aliphatic imine (C=N–C) groups is 2. The standard InChI is InChI=1S/C26H18N4/c1-7-23-21(5-3-15-27-23)25(9-1)29-17-19-11-13-20(14-12-19)18-30-26-10-2-8-24-22(26)6-4-16-28-24/h1-18H/b29-17+,30-18+. The van der Waals surface area contributed by atoms with Crippen molar-refractivity contribution in [1.29, 1.82) is 0 Å². The molecule has 0 amide bonds. The summed E-state index contributed by atoms with van der Waals surface area (Å²) in [5.74, 6) is 0. The molecule has 0 fully saturated rings. The summed E-state index contributed by atoms with van der Waals surface area (Å²) < 4.78 is 0. The van der Waals surface area contributed by atoms with Crippen molar-refractivity contribution < 1.29 is 0 Å². The Morgan fingerprint density at radius 1 is 0.500 bits per heavy atom. The number of hydrogen-bond donors (Lipinski definition) is 0. The highest BCUT2D eigenvalue weighted by atomic mass is 14.7. The maximum atomic E-state index is 4.66. The first-order valence-electron chi connectivity index (χ1n) is 9.72. The molecule has 0 unspecified atom stereocenters. The van der Waals surface area contributed by atoms with Gasteiger partial charge in [-0.15, -0.1) is 0 Å². The van der Waals surface area contributed by atoms with Gasteiger partial charge in [0.2, 0.25) is 0 Å². The molecular formula is C26H18N4. The number of pyridine rings is 2. The van der Waals surface area contributed by atoms with E-state index in [0.29, 0.717) is 0 Å². The van der Waals surface area contributed by atoms with E-state index in [1.807, 2.05) is 97.4 Å². The van der Waals surface area contributed by atoms with Crippen LogP contribution in [0.2, 0.25) is 0 Å². The summed E-state index contributed by atoms with van der Waals surface area (Å²) in [5.41, 5.74) is 5.78. The van der Waals surface area contributed by atoms with Gasteiger partial charge in [-0.25, -0.2) is 0 Å². The molecule has 3 aromatic carbocycles. The molecule has 0 radical (unpaired) electrons. The normalized spacial score (nSPS) is 11.7. The first kappa shape index (κ1) is 17.9. The lowest BCUT2D eigenvalue weighted by atomic mass is 10.1. The Labute approximate surface area is 174 Å².